The zero-order chi connectivity index (χ0) is 13.0. The van der Waals surface area contributed by atoms with E-state index in [9.17, 15) is 4.39 Å². The van der Waals surface area contributed by atoms with Crippen molar-refractivity contribution in [1.82, 2.24) is 9.97 Å². The minimum Gasteiger partial charge on any atom is -0.492 e. The highest BCUT2D eigenvalue weighted by molar-refractivity contribution is 5.64. The second-order valence-corrected chi connectivity index (χ2v) is 3.48. The van der Waals surface area contributed by atoms with E-state index in [-0.39, 0.29) is 11.8 Å². The summed E-state index contributed by atoms with van der Waals surface area (Å²) in [7, 11) is 0. The lowest BCUT2D eigenvalue weighted by Gasteiger charge is -2.11. The molecule has 5 nitrogen and oxygen atoms in total. The molecule has 0 fully saturated rings. The van der Waals surface area contributed by atoms with Crippen molar-refractivity contribution in [3.8, 4) is 5.75 Å². The summed E-state index contributed by atoms with van der Waals surface area (Å²) in [5.41, 5.74) is 6.04. The lowest BCUT2D eigenvalue weighted by molar-refractivity contribution is 0.342. The minimum absolute atomic E-state index is 0.00721. The van der Waals surface area contributed by atoms with Crippen molar-refractivity contribution in [2.24, 2.45) is 0 Å². The smallest absolute Gasteiger partial charge is 0.222 e. The number of benzene rings is 1. The van der Waals surface area contributed by atoms with Crippen LogP contribution in [0.5, 0.6) is 5.75 Å². The summed E-state index contributed by atoms with van der Waals surface area (Å²) in [4.78, 5) is 7.35. The topological polar surface area (TPSA) is 73.1 Å². The normalized spacial score (nSPS) is 10.1. The molecule has 1 aromatic heterocycles. The Labute approximate surface area is 104 Å². The fourth-order valence-corrected chi connectivity index (χ4v) is 1.45. The first kappa shape index (κ1) is 12.1. The maximum atomic E-state index is 13.5. The number of nitrogen functional groups attached to an aromatic ring is 1. The number of hydrogen-bond acceptors (Lipinski definition) is 5. The highest BCUT2D eigenvalue weighted by Gasteiger charge is 2.08. The minimum atomic E-state index is -0.574. The van der Waals surface area contributed by atoms with Crippen LogP contribution in [0.25, 0.3) is 0 Å². The van der Waals surface area contributed by atoms with Gasteiger partial charge in [0.15, 0.2) is 11.6 Å². The van der Waals surface area contributed by atoms with Gasteiger partial charge >= 0.3 is 0 Å². The Kier molecular flexibility index (Phi) is 3.57. The molecule has 0 amide bonds. The van der Waals surface area contributed by atoms with Gasteiger partial charge in [-0.3, -0.25) is 0 Å². The third-order valence-electron chi connectivity index (χ3n) is 2.20. The molecule has 18 heavy (non-hydrogen) atoms. The van der Waals surface area contributed by atoms with Gasteiger partial charge in [0.25, 0.3) is 0 Å². The zero-order valence-electron chi connectivity index (χ0n) is 9.85. The van der Waals surface area contributed by atoms with Crippen LogP contribution in [0.3, 0.4) is 0 Å². The van der Waals surface area contributed by atoms with Crippen LogP contribution in [-0.2, 0) is 0 Å². The van der Waals surface area contributed by atoms with Crippen LogP contribution < -0.4 is 15.8 Å². The molecule has 0 aliphatic heterocycles. The Morgan fingerprint density at radius 3 is 2.94 bits per heavy atom. The summed E-state index contributed by atoms with van der Waals surface area (Å²) >= 11 is 0. The molecule has 94 valence electrons. The van der Waals surface area contributed by atoms with Crippen molar-refractivity contribution in [3.63, 3.8) is 0 Å². The number of nitrogens with one attached hydrogen (secondary N) is 1. The molecular weight excluding hydrogens is 235 g/mol. The molecule has 0 spiro atoms. The Morgan fingerprint density at radius 1 is 1.39 bits per heavy atom. The summed E-state index contributed by atoms with van der Waals surface area (Å²) in [6.07, 6.45) is 1.02. The molecule has 0 aliphatic carbocycles. The second-order valence-electron chi connectivity index (χ2n) is 3.48. The van der Waals surface area contributed by atoms with Gasteiger partial charge in [-0.25, -0.2) is 9.37 Å². The molecule has 2 rings (SSSR count). The number of anilines is 3. The van der Waals surface area contributed by atoms with Crippen LogP contribution in [0.2, 0.25) is 0 Å². The van der Waals surface area contributed by atoms with Crippen LogP contribution in [0.1, 0.15) is 6.92 Å². The monoisotopic (exact) mass is 248 g/mol. The van der Waals surface area contributed by atoms with E-state index in [2.05, 4.69) is 15.3 Å². The first-order valence-corrected chi connectivity index (χ1v) is 5.47. The molecule has 0 saturated carbocycles. The molecule has 0 aliphatic rings. The number of rotatable bonds is 4. The Balaban J connectivity index is 2.30. The molecule has 0 bridgehead atoms. The molecule has 0 radical (unpaired) electrons. The lowest BCUT2D eigenvalue weighted by atomic mass is 10.3. The van der Waals surface area contributed by atoms with E-state index >= 15 is 0 Å². The molecule has 0 atom stereocenters. The van der Waals surface area contributed by atoms with E-state index in [4.69, 9.17) is 10.5 Å². The summed E-state index contributed by atoms with van der Waals surface area (Å²) < 4.78 is 18.9. The van der Waals surface area contributed by atoms with Gasteiger partial charge in [0.1, 0.15) is 5.75 Å². The predicted molar refractivity (Wildman–Crippen MR) is 67.3 cm³/mol. The zero-order valence-corrected chi connectivity index (χ0v) is 9.85. The van der Waals surface area contributed by atoms with Gasteiger partial charge in [-0.2, -0.15) is 4.98 Å². The largest absolute Gasteiger partial charge is 0.492 e. The lowest BCUT2D eigenvalue weighted by Crippen LogP contribution is -2.04. The Hall–Kier alpha value is -2.37. The summed E-state index contributed by atoms with van der Waals surface area (Å²) in [5, 5.41) is 2.84. The Morgan fingerprint density at radius 2 is 2.17 bits per heavy atom. The third kappa shape index (κ3) is 2.65. The number of hydrogen-bond donors (Lipinski definition) is 2. The summed E-state index contributed by atoms with van der Waals surface area (Å²) in [6, 6.07) is 7.20. The number of ether oxygens (including phenoxy) is 1. The van der Waals surface area contributed by atoms with E-state index in [0.29, 0.717) is 18.0 Å². The highest BCUT2D eigenvalue weighted by atomic mass is 19.1. The SMILES string of the molecule is CCOc1ccccc1Nc1nc(N)ncc1F. The number of nitrogens with zero attached hydrogens (tertiary/aromatic N) is 2. The van der Waals surface area contributed by atoms with Gasteiger partial charge in [0, 0.05) is 0 Å². The van der Waals surface area contributed by atoms with Gasteiger partial charge in [-0.05, 0) is 19.1 Å². The van der Waals surface area contributed by atoms with Crippen LogP contribution in [0, 0.1) is 5.82 Å². The molecule has 3 N–H and O–H groups in total. The maximum Gasteiger partial charge on any atom is 0.222 e. The van der Waals surface area contributed by atoms with Crippen LogP contribution in [0.4, 0.5) is 21.8 Å². The molecular formula is C12H13FN4O. The van der Waals surface area contributed by atoms with E-state index in [0.717, 1.165) is 6.20 Å². The second kappa shape index (κ2) is 5.31. The molecule has 6 heteroatoms. The van der Waals surface area contributed by atoms with E-state index in [1.807, 2.05) is 19.1 Å². The molecule has 0 saturated heterocycles. The molecule has 0 unspecified atom stereocenters. The van der Waals surface area contributed by atoms with Crippen molar-refractivity contribution >= 4 is 17.5 Å². The van der Waals surface area contributed by atoms with Crippen molar-refractivity contribution in [1.29, 1.82) is 0 Å². The van der Waals surface area contributed by atoms with Crippen molar-refractivity contribution in [2.45, 2.75) is 6.92 Å². The third-order valence-corrected chi connectivity index (χ3v) is 2.20. The Bertz CT molecular complexity index is 547. The molecule has 1 heterocycles. The standard InChI is InChI=1S/C12H13FN4O/c1-2-18-10-6-4-3-5-9(10)16-11-8(13)7-15-12(14)17-11/h3-7H,2H2,1H3,(H3,14,15,16,17). The number of halogens is 1. The van der Waals surface area contributed by atoms with Crippen molar-refractivity contribution in [2.75, 3.05) is 17.7 Å². The summed E-state index contributed by atoms with van der Waals surface area (Å²) in [6.45, 7) is 2.40. The van der Waals surface area contributed by atoms with E-state index in [1.54, 1.807) is 12.1 Å². The summed E-state index contributed by atoms with van der Waals surface area (Å²) in [5.74, 6) is 0.0783. The van der Waals surface area contributed by atoms with Crippen LogP contribution in [-0.4, -0.2) is 16.6 Å². The van der Waals surface area contributed by atoms with Gasteiger partial charge in [-0.15, -0.1) is 0 Å². The van der Waals surface area contributed by atoms with Crippen LogP contribution in [0.15, 0.2) is 30.5 Å². The fraction of sp³-hybridized carbons (Fsp3) is 0.167. The fourth-order valence-electron chi connectivity index (χ4n) is 1.45. The van der Waals surface area contributed by atoms with E-state index in [1.165, 1.54) is 0 Å². The van der Waals surface area contributed by atoms with Gasteiger partial charge in [0.05, 0.1) is 18.5 Å². The van der Waals surface area contributed by atoms with Gasteiger partial charge in [0.2, 0.25) is 5.95 Å². The quantitative estimate of drug-likeness (QED) is 0.868. The highest BCUT2D eigenvalue weighted by Crippen LogP contribution is 2.27. The first-order valence-electron chi connectivity index (χ1n) is 5.47. The molecule has 2 aromatic rings. The number of nitrogens with two attached hydrogens (primary N) is 1. The predicted octanol–water partition coefficient (Wildman–Crippen LogP) is 2.34. The van der Waals surface area contributed by atoms with Crippen LogP contribution >= 0.6 is 0 Å². The average molecular weight is 248 g/mol. The number of aromatic nitrogens is 2. The van der Waals surface area contributed by atoms with Crippen molar-refractivity contribution in [3.05, 3.63) is 36.3 Å². The van der Waals surface area contributed by atoms with Gasteiger partial charge < -0.3 is 15.8 Å². The van der Waals surface area contributed by atoms with Crippen molar-refractivity contribution < 1.29 is 9.13 Å². The first-order chi connectivity index (χ1) is 8.70. The van der Waals surface area contributed by atoms with Gasteiger partial charge in [-0.1, -0.05) is 12.1 Å². The number of para-hydroxylation sites is 2. The average Bonchev–Trinajstić information content (AvgIpc) is 2.36. The van der Waals surface area contributed by atoms with E-state index < -0.39 is 5.82 Å². The maximum absolute atomic E-state index is 13.5. The molecule has 1 aromatic carbocycles.